The molecule has 0 radical (unpaired) electrons. The lowest BCUT2D eigenvalue weighted by Crippen LogP contribution is -2.12. The number of hydrogen-bond donors (Lipinski definition) is 1. The zero-order valence-electron chi connectivity index (χ0n) is 10.2. The van der Waals surface area contributed by atoms with Gasteiger partial charge >= 0.3 is 0 Å². The van der Waals surface area contributed by atoms with Crippen LogP contribution in [0.15, 0.2) is 36.4 Å². The Morgan fingerprint density at radius 2 is 1.74 bits per heavy atom. The third-order valence-corrected chi connectivity index (χ3v) is 3.32. The number of nitrogens with two attached hydrogens (primary N) is 1. The van der Waals surface area contributed by atoms with Gasteiger partial charge < -0.3 is 10.5 Å². The normalized spacial score (nSPS) is 14.9. The predicted molar refractivity (Wildman–Crippen MR) is 68.0 cm³/mol. The zero-order chi connectivity index (χ0) is 13.4. The summed E-state index contributed by atoms with van der Waals surface area (Å²) in [5.74, 6) is -0.369. The molecule has 0 aliphatic carbocycles. The summed E-state index contributed by atoms with van der Waals surface area (Å²) in [5.41, 5.74) is 8.42. The Morgan fingerprint density at radius 3 is 2.47 bits per heavy atom. The van der Waals surface area contributed by atoms with E-state index in [9.17, 15) is 8.78 Å². The summed E-state index contributed by atoms with van der Waals surface area (Å²) in [6, 6.07) is 8.44. The Kier molecular flexibility index (Phi) is 2.95. The van der Waals surface area contributed by atoms with Crippen molar-refractivity contribution in [1.82, 2.24) is 0 Å². The van der Waals surface area contributed by atoms with Crippen molar-refractivity contribution < 1.29 is 13.5 Å². The molecule has 0 spiro atoms. The van der Waals surface area contributed by atoms with E-state index in [2.05, 4.69) is 0 Å². The smallest absolute Gasteiger partial charge is 0.126 e. The second kappa shape index (κ2) is 4.63. The third-order valence-electron chi connectivity index (χ3n) is 3.32. The molecule has 3 rings (SSSR count). The lowest BCUT2D eigenvalue weighted by Gasteiger charge is -2.14. The summed E-state index contributed by atoms with van der Waals surface area (Å²) in [6.45, 7) is 0.669. The van der Waals surface area contributed by atoms with Gasteiger partial charge in [-0.2, -0.15) is 0 Å². The molecule has 1 aliphatic rings. The van der Waals surface area contributed by atoms with Crippen LogP contribution in [-0.2, 0) is 6.42 Å². The van der Waals surface area contributed by atoms with E-state index in [4.69, 9.17) is 10.5 Å². The molecule has 19 heavy (non-hydrogen) atoms. The van der Waals surface area contributed by atoms with Crippen LogP contribution in [-0.4, -0.2) is 6.61 Å². The standard InChI is InChI=1S/C15H13F2NO/c16-12-6-11(7-13(17)8-12)15(18)10-1-2-14-9(5-10)3-4-19-14/h1-2,5-8,15H,3-4,18H2. The molecule has 0 saturated heterocycles. The van der Waals surface area contributed by atoms with Crippen LogP contribution in [0.1, 0.15) is 22.7 Å². The van der Waals surface area contributed by atoms with Gasteiger partial charge in [-0.15, -0.1) is 0 Å². The van der Waals surface area contributed by atoms with Crippen LogP contribution in [0.25, 0.3) is 0 Å². The molecule has 98 valence electrons. The minimum Gasteiger partial charge on any atom is -0.493 e. The molecule has 0 saturated carbocycles. The molecule has 4 heteroatoms. The van der Waals surface area contributed by atoms with Gasteiger partial charge in [-0.25, -0.2) is 8.78 Å². The van der Waals surface area contributed by atoms with Crippen molar-refractivity contribution in [2.24, 2.45) is 5.73 Å². The maximum absolute atomic E-state index is 13.2. The molecule has 0 amide bonds. The van der Waals surface area contributed by atoms with Gasteiger partial charge in [0.1, 0.15) is 17.4 Å². The van der Waals surface area contributed by atoms with Gasteiger partial charge in [0.05, 0.1) is 12.6 Å². The molecule has 2 aromatic rings. The number of rotatable bonds is 2. The fourth-order valence-corrected chi connectivity index (χ4v) is 2.35. The minimum absolute atomic E-state index is 0.427. The van der Waals surface area contributed by atoms with Gasteiger partial charge in [0.25, 0.3) is 0 Å². The first kappa shape index (κ1) is 12.1. The molecule has 0 bridgehead atoms. The number of ether oxygens (including phenoxy) is 1. The molecule has 2 N–H and O–H groups in total. The summed E-state index contributed by atoms with van der Waals surface area (Å²) in [5, 5.41) is 0. The van der Waals surface area contributed by atoms with E-state index in [1.807, 2.05) is 18.2 Å². The van der Waals surface area contributed by atoms with Crippen molar-refractivity contribution in [2.75, 3.05) is 6.61 Å². The van der Waals surface area contributed by atoms with Crippen molar-refractivity contribution in [3.63, 3.8) is 0 Å². The Hall–Kier alpha value is -1.94. The Labute approximate surface area is 109 Å². The average Bonchev–Trinajstić information content (AvgIpc) is 2.83. The number of benzene rings is 2. The van der Waals surface area contributed by atoms with Crippen molar-refractivity contribution in [3.05, 3.63) is 64.7 Å². The SMILES string of the molecule is NC(c1cc(F)cc(F)c1)c1ccc2c(c1)CCO2. The highest BCUT2D eigenvalue weighted by molar-refractivity contribution is 5.43. The minimum atomic E-state index is -0.616. The number of hydrogen-bond acceptors (Lipinski definition) is 2. The first-order valence-corrected chi connectivity index (χ1v) is 6.11. The van der Waals surface area contributed by atoms with E-state index < -0.39 is 17.7 Å². The van der Waals surface area contributed by atoms with Crippen LogP contribution in [0.4, 0.5) is 8.78 Å². The van der Waals surface area contributed by atoms with Crippen molar-refractivity contribution >= 4 is 0 Å². The topological polar surface area (TPSA) is 35.2 Å². The van der Waals surface area contributed by atoms with Crippen molar-refractivity contribution in [2.45, 2.75) is 12.5 Å². The van der Waals surface area contributed by atoms with E-state index in [0.29, 0.717) is 12.2 Å². The van der Waals surface area contributed by atoms with E-state index in [-0.39, 0.29) is 0 Å². The fraction of sp³-hybridized carbons (Fsp3) is 0.200. The Bertz CT molecular complexity index is 607. The molecule has 0 aromatic heterocycles. The fourth-order valence-electron chi connectivity index (χ4n) is 2.35. The van der Waals surface area contributed by atoms with E-state index in [0.717, 1.165) is 29.4 Å². The highest BCUT2D eigenvalue weighted by Gasteiger charge is 2.16. The summed E-state index contributed by atoms with van der Waals surface area (Å²) < 4.78 is 31.8. The largest absolute Gasteiger partial charge is 0.493 e. The first-order valence-electron chi connectivity index (χ1n) is 6.11. The molecule has 1 unspecified atom stereocenters. The maximum Gasteiger partial charge on any atom is 0.126 e. The van der Waals surface area contributed by atoms with Crippen molar-refractivity contribution in [3.8, 4) is 5.75 Å². The number of halogens is 2. The predicted octanol–water partition coefficient (Wildman–Crippen LogP) is 2.95. The lowest BCUT2D eigenvalue weighted by atomic mass is 9.97. The molecule has 2 aromatic carbocycles. The molecular weight excluding hydrogens is 248 g/mol. The van der Waals surface area contributed by atoms with Crippen LogP contribution in [0.5, 0.6) is 5.75 Å². The molecule has 2 nitrogen and oxygen atoms in total. The van der Waals surface area contributed by atoms with Crippen molar-refractivity contribution in [1.29, 1.82) is 0 Å². The highest BCUT2D eigenvalue weighted by atomic mass is 19.1. The highest BCUT2D eigenvalue weighted by Crippen LogP contribution is 2.30. The zero-order valence-corrected chi connectivity index (χ0v) is 10.2. The third kappa shape index (κ3) is 2.31. The van der Waals surface area contributed by atoms with Gasteiger partial charge in [-0.3, -0.25) is 0 Å². The second-order valence-electron chi connectivity index (χ2n) is 4.65. The van der Waals surface area contributed by atoms with E-state index in [1.54, 1.807) is 0 Å². The van der Waals surface area contributed by atoms with Gasteiger partial charge in [0, 0.05) is 12.5 Å². The monoisotopic (exact) mass is 261 g/mol. The van der Waals surface area contributed by atoms with Crippen LogP contribution in [0.2, 0.25) is 0 Å². The molecule has 1 aliphatic heterocycles. The molecule has 1 heterocycles. The van der Waals surface area contributed by atoms with Gasteiger partial charge in [-0.1, -0.05) is 12.1 Å². The van der Waals surface area contributed by atoms with Crippen LogP contribution in [0.3, 0.4) is 0 Å². The molecule has 1 atom stereocenters. The quantitative estimate of drug-likeness (QED) is 0.902. The summed E-state index contributed by atoms with van der Waals surface area (Å²) in [6.07, 6.45) is 0.841. The van der Waals surface area contributed by atoms with E-state index >= 15 is 0 Å². The van der Waals surface area contributed by atoms with Gasteiger partial charge in [0.15, 0.2) is 0 Å². The summed E-state index contributed by atoms with van der Waals surface area (Å²) >= 11 is 0. The van der Waals surface area contributed by atoms with Gasteiger partial charge in [-0.05, 0) is 34.9 Å². The number of fused-ring (bicyclic) bond motifs is 1. The first-order chi connectivity index (χ1) is 9.13. The Morgan fingerprint density at radius 1 is 1.00 bits per heavy atom. The Balaban J connectivity index is 1.97. The van der Waals surface area contributed by atoms with Crippen LogP contribution in [0, 0.1) is 11.6 Å². The lowest BCUT2D eigenvalue weighted by molar-refractivity contribution is 0.357. The van der Waals surface area contributed by atoms with Crippen LogP contribution >= 0.6 is 0 Å². The van der Waals surface area contributed by atoms with E-state index in [1.165, 1.54) is 12.1 Å². The summed E-state index contributed by atoms with van der Waals surface area (Å²) in [4.78, 5) is 0. The van der Waals surface area contributed by atoms with Gasteiger partial charge in [0.2, 0.25) is 0 Å². The van der Waals surface area contributed by atoms with Crippen LogP contribution < -0.4 is 10.5 Å². The molecular formula is C15H13F2NO. The average molecular weight is 261 g/mol. The summed E-state index contributed by atoms with van der Waals surface area (Å²) in [7, 11) is 0. The molecule has 0 fully saturated rings. The maximum atomic E-state index is 13.2. The second-order valence-corrected chi connectivity index (χ2v) is 4.65.